The first kappa shape index (κ1) is 12.0. The third kappa shape index (κ3) is 2.82. The summed E-state index contributed by atoms with van der Waals surface area (Å²) in [6, 6.07) is 5.32. The SMILES string of the molecule is COC(=O)c1cnccc1OCc1ccncc1. The Labute approximate surface area is 104 Å². The van der Waals surface area contributed by atoms with E-state index in [1.807, 2.05) is 12.1 Å². The van der Waals surface area contributed by atoms with Crippen LogP contribution in [0.3, 0.4) is 0 Å². The Balaban J connectivity index is 2.12. The summed E-state index contributed by atoms with van der Waals surface area (Å²) in [5.41, 5.74) is 1.28. The maximum atomic E-state index is 11.5. The van der Waals surface area contributed by atoms with E-state index in [0.29, 0.717) is 17.9 Å². The molecule has 2 aromatic heterocycles. The van der Waals surface area contributed by atoms with Crippen LogP contribution in [-0.4, -0.2) is 23.0 Å². The summed E-state index contributed by atoms with van der Waals surface area (Å²) >= 11 is 0. The van der Waals surface area contributed by atoms with Crippen molar-refractivity contribution in [2.45, 2.75) is 6.61 Å². The summed E-state index contributed by atoms with van der Waals surface area (Å²) in [4.78, 5) is 19.3. The van der Waals surface area contributed by atoms with Crippen molar-refractivity contribution in [1.29, 1.82) is 0 Å². The average molecular weight is 244 g/mol. The van der Waals surface area contributed by atoms with Crippen LogP contribution in [0.5, 0.6) is 5.75 Å². The molecule has 2 rings (SSSR count). The van der Waals surface area contributed by atoms with E-state index in [-0.39, 0.29) is 0 Å². The van der Waals surface area contributed by atoms with E-state index in [0.717, 1.165) is 5.56 Å². The van der Waals surface area contributed by atoms with Crippen LogP contribution in [0.2, 0.25) is 0 Å². The van der Waals surface area contributed by atoms with Crippen LogP contribution >= 0.6 is 0 Å². The van der Waals surface area contributed by atoms with E-state index in [1.54, 1.807) is 24.7 Å². The molecule has 0 fully saturated rings. The van der Waals surface area contributed by atoms with E-state index in [2.05, 4.69) is 14.7 Å². The Morgan fingerprint density at radius 1 is 1.17 bits per heavy atom. The summed E-state index contributed by atoms with van der Waals surface area (Å²) in [6.45, 7) is 0.358. The minimum Gasteiger partial charge on any atom is -0.488 e. The molecule has 0 amide bonds. The molecule has 0 aliphatic carbocycles. The molecule has 2 aromatic rings. The van der Waals surface area contributed by atoms with Crippen molar-refractivity contribution in [3.8, 4) is 5.75 Å². The average Bonchev–Trinajstić information content (AvgIpc) is 2.45. The Morgan fingerprint density at radius 2 is 1.89 bits per heavy atom. The minimum absolute atomic E-state index is 0.314. The van der Waals surface area contributed by atoms with Crippen LogP contribution in [-0.2, 0) is 11.3 Å². The van der Waals surface area contributed by atoms with Gasteiger partial charge in [0.1, 0.15) is 17.9 Å². The summed E-state index contributed by atoms with van der Waals surface area (Å²) < 4.78 is 10.2. The predicted molar refractivity (Wildman–Crippen MR) is 64.1 cm³/mol. The number of carbonyl (C=O) groups is 1. The Hall–Kier alpha value is -2.43. The lowest BCUT2D eigenvalue weighted by molar-refractivity contribution is 0.0595. The van der Waals surface area contributed by atoms with Crippen molar-refractivity contribution >= 4 is 5.97 Å². The molecule has 0 spiro atoms. The summed E-state index contributed by atoms with van der Waals surface area (Å²) in [5, 5.41) is 0. The van der Waals surface area contributed by atoms with Gasteiger partial charge in [0, 0.05) is 24.8 Å². The molecule has 5 heteroatoms. The van der Waals surface area contributed by atoms with E-state index in [9.17, 15) is 4.79 Å². The van der Waals surface area contributed by atoms with Crippen LogP contribution in [0.25, 0.3) is 0 Å². The first-order valence-electron chi connectivity index (χ1n) is 5.35. The van der Waals surface area contributed by atoms with Gasteiger partial charge in [-0.2, -0.15) is 0 Å². The van der Waals surface area contributed by atoms with Crippen molar-refractivity contribution in [2.24, 2.45) is 0 Å². The second-order valence-electron chi connectivity index (χ2n) is 3.51. The largest absolute Gasteiger partial charge is 0.488 e. The molecule has 0 aromatic carbocycles. The van der Waals surface area contributed by atoms with Gasteiger partial charge in [-0.1, -0.05) is 0 Å². The first-order valence-corrected chi connectivity index (χ1v) is 5.35. The zero-order valence-electron chi connectivity index (χ0n) is 9.87. The first-order chi connectivity index (χ1) is 8.81. The molecule has 0 saturated carbocycles. The molecular weight excluding hydrogens is 232 g/mol. The van der Waals surface area contributed by atoms with Gasteiger partial charge in [0.15, 0.2) is 0 Å². The van der Waals surface area contributed by atoms with Crippen molar-refractivity contribution < 1.29 is 14.3 Å². The molecule has 0 saturated heterocycles. The fourth-order valence-electron chi connectivity index (χ4n) is 1.41. The van der Waals surface area contributed by atoms with Gasteiger partial charge >= 0.3 is 5.97 Å². The third-order valence-corrected chi connectivity index (χ3v) is 2.33. The van der Waals surface area contributed by atoms with E-state index < -0.39 is 5.97 Å². The number of hydrogen-bond donors (Lipinski definition) is 0. The number of carbonyl (C=O) groups excluding carboxylic acids is 1. The van der Waals surface area contributed by atoms with Gasteiger partial charge < -0.3 is 9.47 Å². The number of rotatable bonds is 4. The number of pyridine rings is 2. The number of hydrogen-bond acceptors (Lipinski definition) is 5. The number of ether oxygens (including phenoxy) is 2. The lowest BCUT2D eigenvalue weighted by Crippen LogP contribution is -2.06. The molecular formula is C13H12N2O3. The van der Waals surface area contributed by atoms with Crippen molar-refractivity contribution in [1.82, 2.24) is 9.97 Å². The fourth-order valence-corrected chi connectivity index (χ4v) is 1.41. The van der Waals surface area contributed by atoms with Gasteiger partial charge in [-0.15, -0.1) is 0 Å². The van der Waals surface area contributed by atoms with Crippen LogP contribution in [0, 0.1) is 0 Å². The smallest absolute Gasteiger partial charge is 0.343 e. The zero-order valence-corrected chi connectivity index (χ0v) is 9.87. The zero-order chi connectivity index (χ0) is 12.8. The fraction of sp³-hybridized carbons (Fsp3) is 0.154. The van der Waals surface area contributed by atoms with Crippen molar-refractivity contribution in [2.75, 3.05) is 7.11 Å². The van der Waals surface area contributed by atoms with Crippen LogP contribution < -0.4 is 4.74 Å². The molecule has 5 nitrogen and oxygen atoms in total. The molecule has 18 heavy (non-hydrogen) atoms. The highest BCUT2D eigenvalue weighted by Gasteiger charge is 2.12. The van der Waals surface area contributed by atoms with E-state index in [1.165, 1.54) is 13.3 Å². The Bertz CT molecular complexity index is 529. The van der Waals surface area contributed by atoms with E-state index >= 15 is 0 Å². The summed E-state index contributed by atoms with van der Waals surface area (Å²) in [6.07, 6.45) is 6.36. The molecule has 0 radical (unpaired) electrons. The highest BCUT2D eigenvalue weighted by atomic mass is 16.5. The number of nitrogens with zero attached hydrogens (tertiary/aromatic N) is 2. The van der Waals surface area contributed by atoms with E-state index in [4.69, 9.17) is 4.74 Å². The molecule has 0 aliphatic rings. The molecule has 0 bridgehead atoms. The topological polar surface area (TPSA) is 61.3 Å². The highest BCUT2D eigenvalue weighted by Crippen LogP contribution is 2.18. The maximum absolute atomic E-state index is 11.5. The van der Waals surface area contributed by atoms with Gasteiger partial charge in [-0.25, -0.2) is 4.79 Å². The molecule has 0 aliphatic heterocycles. The minimum atomic E-state index is -0.465. The lowest BCUT2D eigenvalue weighted by Gasteiger charge is -2.09. The summed E-state index contributed by atoms with van der Waals surface area (Å²) in [5.74, 6) is -0.0125. The Kier molecular flexibility index (Phi) is 3.86. The number of esters is 1. The van der Waals surface area contributed by atoms with Gasteiger partial charge in [-0.05, 0) is 23.8 Å². The standard InChI is InChI=1S/C13H12N2O3/c1-17-13(16)11-8-15-7-4-12(11)18-9-10-2-5-14-6-3-10/h2-8H,9H2,1H3. The molecule has 0 atom stereocenters. The van der Waals surface area contributed by atoms with Crippen LogP contribution in [0.15, 0.2) is 43.0 Å². The summed E-state index contributed by atoms with van der Waals surface area (Å²) in [7, 11) is 1.32. The van der Waals surface area contributed by atoms with Crippen LogP contribution in [0.1, 0.15) is 15.9 Å². The van der Waals surface area contributed by atoms with Gasteiger partial charge in [-0.3, -0.25) is 9.97 Å². The van der Waals surface area contributed by atoms with Gasteiger partial charge in [0.25, 0.3) is 0 Å². The van der Waals surface area contributed by atoms with Crippen molar-refractivity contribution in [3.63, 3.8) is 0 Å². The second kappa shape index (κ2) is 5.77. The molecule has 0 unspecified atom stereocenters. The van der Waals surface area contributed by atoms with Crippen molar-refractivity contribution in [3.05, 3.63) is 54.1 Å². The lowest BCUT2D eigenvalue weighted by atomic mass is 10.2. The third-order valence-electron chi connectivity index (χ3n) is 2.33. The molecule has 92 valence electrons. The Morgan fingerprint density at radius 3 is 2.61 bits per heavy atom. The normalized spacial score (nSPS) is 9.83. The van der Waals surface area contributed by atoms with Gasteiger partial charge in [0.2, 0.25) is 0 Å². The molecule has 2 heterocycles. The monoisotopic (exact) mass is 244 g/mol. The van der Waals surface area contributed by atoms with Gasteiger partial charge in [0.05, 0.1) is 7.11 Å². The number of aromatic nitrogens is 2. The number of methoxy groups -OCH3 is 1. The second-order valence-corrected chi connectivity index (χ2v) is 3.51. The van der Waals surface area contributed by atoms with Crippen LogP contribution in [0.4, 0.5) is 0 Å². The maximum Gasteiger partial charge on any atom is 0.343 e. The predicted octanol–water partition coefficient (Wildman–Crippen LogP) is 1.84. The highest BCUT2D eigenvalue weighted by molar-refractivity contribution is 5.91. The quantitative estimate of drug-likeness (QED) is 0.768. The molecule has 0 N–H and O–H groups in total.